The molecule has 0 radical (unpaired) electrons. The van der Waals surface area contributed by atoms with Gasteiger partial charge in [0.1, 0.15) is 0 Å². The van der Waals surface area contributed by atoms with Gasteiger partial charge >= 0.3 is 0 Å². The summed E-state index contributed by atoms with van der Waals surface area (Å²) in [6, 6.07) is 11.9. The van der Waals surface area contributed by atoms with Crippen molar-refractivity contribution in [3.05, 3.63) is 60.0 Å². The normalized spacial score (nSPS) is 13.3. The molecular weight excluding hydrogens is 391 g/mol. The van der Waals surface area contributed by atoms with E-state index in [9.17, 15) is 9.18 Å². The third kappa shape index (κ3) is 8.91. The highest BCUT2D eigenvalue weighted by molar-refractivity contribution is 5.92. The van der Waals surface area contributed by atoms with Crippen molar-refractivity contribution < 1.29 is 13.9 Å². The first-order valence-electron chi connectivity index (χ1n) is 11.3. The monoisotopic (exact) mass is 426 g/mol. The summed E-state index contributed by atoms with van der Waals surface area (Å²) in [5, 5.41) is 3.76. The van der Waals surface area contributed by atoms with Gasteiger partial charge < -0.3 is 10.1 Å². The largest absolute Gasteiger partial charge is 0.478 e. The maximum absolute atomic E-state index is 14.0. The predicted octanol–water partition coefficient (Wildman–Crippen LogP) is 6.67. The second kappa shape index (κ2) is 13.6. The lowest BCUT2D eigenvalue weighted by Crippen LogP contribution is -2.32. The van der Waals surface area contributed by atoms with Crippen LogP contribution in [0.5, 0.6) is 5.88 Å². The Morgan fingerprint density at radius 1 is 1.13 bits per heavy atom. The number of amides is 1. The smallest absolute Gasteiger partial charge is 0.280 e. The van der Waals surface area contributed by atoms with Crippen molar-refractivity contribution in [3.63, 3.8) is 0 Å². The highest BCUT2D eigenvalue weighted by Crippen LogP contribution is 2.16. The molecule has 0 aliphatic heterocycles. The van der Waals surface area contributed by atoms with Crippen LogP contribution in [0.2, 0.25) is 0 Å². The molecule has 0 aliphatic rings. The average molecular weight is 427 g/mol. The number of nitrogens with one attached hydrogen (secondary N) is 1. The number of nitrogens with zero attached hydrogens (tertiary/aromatic N) is 1. The number of aromatic nitrogens is 1. The molecule has 0 saturated carbocycles. The number of rotatable bonds is 13. The zero-order valence-electron chi connectivity index (χ0n) is 19.0. The maximum Gasteiger partial charge on any atom is 0.280 e. The van der Waals surface area contributed by atoms with E-state index >= 15 is 0 Å². The van der Waals surface area contributed by atoms with E-state index in [0.29, 0.717) is 18.1 Å². The van der Waals surface area contributed by atoms with Crippen molar-refractivity contribution in [2.75, 3.05) is 6.61 Å². The first kappa shape index (κ1) is 24.6. The number of carbonyl (C=O) groups is 1. The molecule has 1 heterocycles. The lowest BCUT2D eigenvalue weighted by molar-refractivity contribution is -0.119. The highest BCUT2D eigenvalue weighted by atomic mass is 19.1. The molecule has 4 nitrogen and oxygen atoms in total. The van der Waals surface area contributed by atoms with E-state index in [-0.39, 0.29) is 6.04 Å². The summed E-state index contributed by atoms with van der Waals surface area (Å²) in [5.74, 6) is -0.646. The fraction of sp³-hybridized carbons (Fsp3) is 0.462. The molecule has 1 N–H and O–H groups in total. The van der Waals surface area contributed by atoms with Crippen molar-refractivity contribution in [2.24, 2.45) is 0 Å². The number of hydrogen-bond donors (Lipinski definition) is 1. The number of hydrogen-bond acceptors (Lipinski definition) is 3. The minimum absolute atomic E-state index is 0.0238. The summed E-state index contributed by atoms with van der Waals surface area (Å²) in [5.41, 5.74) is 1.33. The lowest BCUT2D eigenvalue weighted by Gasteiger charge is -2.10. The molecule has 1 aromatic heterocycles. The molecule has 2 rings (SSSR count). The summed E-state index contributed by atoms with van der Waals surface area (Å²) in [7, 11) is 0. The third-order valence-corrected chi connectivity index (χ3v) is 5.24. The van der Waals surface area contributed by atoms with Gasteiger partial charge in [0, 0.05) is 17.5 Å². The summed E-state index contributed by atoms with van der Waals surface area (Å²) in [6.45, 7) is 6.12. The van der Waals surface area contributed by atoms with Gasteiger partial charge in [0.2, 0.25) is 5.88 Å². The number of carbonyl (C=O) groups excluding carboxylic acids is 1. The molecule has 0 aliphatic carbocycles. The van der Waals surface area contributed by atoms with Crippen molar-refractivity contribution in [1.29, 1.82) is 0 Å². The van der Waals surface area contributed by atoms with Gasteiger partial charge in [0.25, 0.3) is 5.91 Å². The quantitative estimate of drug-likeness (QED) is 0.221. The van der Waals surface area contributed by atoms with E-state index < -0.39 is 11.7 Å². The van der Waals surface area contributed by atoms with Crippen molar-refractivity contribution in [3.8, 4) is 5.88 Å². The molecule has 0 fully saturated rings. The summed E-state index contributed by atoms with van der Waals surface area (Å²) in [6.07, 6.45) is 10.7. The van der Waals surface area contributed by atoms with E-state index in [1.807, 2.05) is 56.3 Å². The summed E-state index contributed by atoms with van der Waals surface area (Å²) in [4.78, 5) is 16.3. The number of fused-ring (bicyclic) bond motifs is 1. The van der Waals surface area contributed by atoms with E-state index in [2.05, 4.69) is 10.3 Å². The van der Waals surface area contributed by atoms with Crippen molar-refractivity contribution in [1.82, 2.24) is 10.3 Å². The molecule has 1 unspecified atom stereocenters. The van der Waals surface area contributed by atoms with Crippen LogP contribution in [0.1, 0.15) is 65.7 Å². The molecular formula is C26H35FN2O2. The zero-order valence-corrected chi connectivity index (χ0v) is 19.0. The number of ether oxygens (including phenoxy) is 1. The van der Waals surface area contributed by atoms with Crippen molar-refractivity contribution >= 4 is 16.8 Å². The van der Waals surface area contributed by atoms with Crippen LogP contribution in [0.4, 0.5) is 4.39 Å². The van der Waals surface area contributed by atoms with E-state index in [1.165, 1.54) is 0 Å². The molecule has 5 heteroatoms. The molecule has 2 aromatic rings. The van der Waals surface area contributed by atoms with Gasteiger partial charge in [0.05, 0.1) is 12.1 Å². The Balaban J connectivity index is 1.55. The molecule has 1 atom stereocenters. The predicted molar refractivity (Wildman–Crippen MR) is 126 cm³/mol. The number of pyridine rings is 1. The average Bonchev–Trinajstić information content (AvgIpc) is 2.79. The highest BCUT2D eigenvalue weighted by Gasteiger charge is 2.12. The van der Waals surface area contributed by atoms with Crippen LogP contribution in [0.25, 0.3) is 10.9 Å². The standard InChI is InChI=1S/C26H35FN2O2/c1-4-21(3)28-26(30)25(27)20(2)14-10-8-6-5-7-9-13-19-31-24-18-17-22-15-11-12-16-23(22)29-24/h10-12,14-18,21H,4-9,13,19H2,1-3H3,(H,28,30)/b14-10+,25-20-. The molecule has 0 saturated heterocycles. The molecule has 31 heavy (non-hydrogen) atoms. The Morgan fingerprint density at radius 3 is 2.68 bits per heavy atom. The first-order valence-corrected chi connectivity index (χ1v) is 11.3. The third-order valence-electron chi connectivity index (χ3n) is 5.24. The van der Waals surface area contributed by atoms with Crippen LogP contribution in [0.15, 0.2) is 60.0 Å². The second-order valence-corrected chi connectivity index (χ2v) is 7.93. The van der Waals surface area contributed by atoms with Crippen LogP contribution in [0, 0.1) is 0 Å². The Bertz CT molecular complexity index is 892. The topological polar surface area (TPSA) is 51.2 Å². The molecule has 1 aromatic carbocycles. The number of benzene rings is 1. The second-order valence-electron chi connectivity index (χ2n) is 7.93. The molecule has 1 amide bonds. The lowest BCUT2D eigenvalue weighted by atomic mass is 10.1. The van der Waals surface area contributed by atoms with Gasteiger partial charge in [-0.15, -0.1) is 0 Å². The fourth-order valence-electron chi connectivity index (χ4n) is 3.10. The zero-order chi connectivity index (χ0) is 22.5. The van der Waals surface area contributed by atoms with Gasteiger partial charge in [-0.2, -0.15) is 0 Å². The van der Waals surface area contributed by atoms with Gasteiger partial charge in [-0.25, -0.2) is 9.37 Å². The minimum atomic E-state index is -0.697. The Morgan fingerprint density at radius 2 is 1.87 bits per heavy atom. The van der Waals surface area contributed by atoms with Gasteiger partial charge in [-0.1, -0.05) is 56.5 Å². The SMILES string of the molecule is CCC(C)NC(=O)/C(F)=C(C)/C=C/CCCCCCCOc1ccc2ccccc2n1. The first-order chi connectivity index (χ1) is 15.0. The minimum Gasteiger partial charge on any atom is -0.478 e. The Labute approximate surface area is 185 Å². The number of para-hydroxylation sites is 1. The number of allylic oxidation sites excluding steroid dienone is 3. The molecule has 168 valence electrons. The van der Waals surface area contributed by atoms with E-state index in [4.69, 9.17) is 4.74 Å². The van der Waals surface area contributed by atoms with E-state index in [0.717, 1.165) is 55.8 Å². The molecule has 0 bridgehead atoms. The van der Waals surface area contributed by atoms with Gasteiger partial charge in [-0.3, -0.25) is 4.79 Å². The van der Waals surface area contributed by atoms with E-state index in [1.54, 1.807) is 13.0 Å². The Kier molecular flexibility index (Phi) is 10.8. The summed E-state index contributed by atoms with van der Waals surface area (Å²) >= 11 is 0. The van der Waals surface area contributed by atoms with Crippen LogP contribution < -0.4 is 10.1 Å². The summed E-state index contributed by atoms with van der Waals surface area (Å²) < 4.78 is 19.8. The van der Waals surface area contributed by atoms with Crippen LogP contribution in [0.3, 0.4) is 0 Å². The molecule has 0 spiro atoms. The van der Waals surface area contributed by atoms with Crippen molar-refractivity contribution in [2.45, 2.75) is 71.8 Å². The van der Waals surface area contributed by atoms with Gasteiger partial charge in [0.15, 0.2) is 5.83 Å². The number of unbranched alkanes of at least 4 members (excludes halogenated alkanes) is 5. The number of halogens is 1. The fourth-order valence-corrected chi connectivity index (χ4v) is 3.10. The van der Waals surface area contributed by atoms with Gasteiger partial charge in [-0.05, 0) is 57.2 Å². The van der Waals surface area contributed by atoms with Crippen LogP contribution in [-0.4, -0.2) is 23.5 Å². The maximum atomic E-state index is 14.0. The van der Waals surface area contributed by atoms with Crippen LogP contribution in [-0.2, 0) is 4.79 Å². The Hall–Kier alpha value is -2.69. The van der Waals surface area contributed by atoms with Crippen LogP contribution >= 0.6 is 0 Å².